The van der Waals surface area contributed by atoms with Crippen LogP contribution in [0.3, 0.4) is 0 Å². The fourth-order valence-electron chi connectivity index (χ4n) is 3.52. The van der Waals surface area contributed by atoms with Crippen molar-refractivity contribution in [2.75, 3.05) is 5.32 Å². The summed E-state index contributed by atoms with van der Waals surface area (Å²) in [6.07, 6.45) is 1.43. The lowest BCUT2D eigenvalue weighted by molar-refractivity contribution is -0.0436. The summed E-state index contributed by atoms with van der Waals surface area (Å²) in [5, 5.41) is 9.77. The van der Waals surface area contributed by atoms with E-state index < -0.39 is 31.7 Å². The van der Waals surface area contributed by atoms with Gasteiger partial charge in [-0.15, -0.1) is 0 Å². The third kappa shape index (κ3) is 6.95. The summed E-state index contributed by atoms with van der Waals surface area (Å²) in [5.41, 5.74) is -4.88. The number of halogens is 4. The average Bonchev–Trinajstić information content (AvgIpc) is 3.32. The first-order chi connectivity index (χ1) is 19.1. The maximum Gasteiger partial charge on any atom is 0.501 e. The van der Waals surface area contributed by atoms with E-state index >= 15 is 0 Å². The zero-order chi connectivity index (χ0) is 30.0. The Hall–Kier alpha value is -4.17. The van der Waals surface area contributed by atoms with E-state index in [2.05, 4.69) is 25.7 Å². The standard InChI is InChI=1S/C26H24ClF3N6O4S/c1-25(2,3)20-14-21(36(35-20)17-8-6-9-18(13-17)41(38,39)26(28,29)30)33-24(37)32-15-16-7-4-5-10-19(16)40-22-11-12-31-23(27)34-22/h4-14H,15H2,1-3H3,(H2,32,33,37). The van der Waals surface area contributed by atoms with Crippen LogP contribution in [-0.2, 0) is 21.8 Å². The molecular weight excluding hydrogens is 585 g/mol. The van der Waals surface area contributed by atoms with Gasteiger partial charge >= 0.3 is 11.5 Å². The summed E-state index contributed by atoms with van der Waals surface area (Å²) < 4.78 is 70.4. The number of anilines is 1. The first-order valence-electron chi connectivity index (χ1n) is 12.0. The van der Waals surface area contributed by atoms with Crippen LogP contribution >= 0.6 is 11.6 Å². The smallest absolute Gasteiger partial charge is 0.439 e. The van der Waals surface area contributed by atoms with E-state index in [9.17, 15) is 26.4 Å². The normalized spacial score (nSPS) is 12.2. The van der Waals surface area contributed by atoms with Gasteiger partial charge in [0.25, 0.3) is 9.84 Å². The van der Waals surface area contributed by atoms with Gasteiger partial charge in [0.05, 0.1) is 16.3 Å². The Morgan fingerprint density at radius 2 is 1.78 bits per heavy atom. The van der Waals surface area contributed by atoms with Crippen molar-refractivity contribution in [2.24, 2.45) is 0 Å². The molecule has 2 heterocycles. The van der Waals surface area contributed by atoms with Gasteiger partial charge in [-0.2, -0.15) is 23.3 Å². The number of para-hydroxylation sites is 1. The van der Waals surface area contributed by atoms with Gasteiger partial charge < -0.3 is 10.1 Å². The molecule has 2 N–H and O–H groups in total. The first kappa shape index (κ1) is 29.8. The molecule has 216 valence electrons. The second kappa shape index (κ2) is 11.4. The number of amides is 2. The number of carbonyl (C=O) groups is 1. The number of nitrogens with one attached hydrogen (secondary N) is 2. The zero-order valence-corrected chi connectivity index (χ0v) is 23.5. The molecule has 0 aliphatic rings. The fourth-order valence-corrected chi connectivity index (χ4v) is 4.46. The number of urea groups is 1. The molecule has 0 saturated carbocycles. The molecule has 2 amide bonds. The molecule has 4 rings (SSSR count). The van der Waals surface area contributed by atoms with E-state index in [0.29, 0.717) is 17.0 Å². The molecule has 41 heavy (non-hydrogen) atoms. The number of aromatic nitrogens is 4. The molecule has 0 saturated heterocycles. The summed E-state index contributed by atoms with van der Waals surface area (Å²) in [6.45, 7) is 5.60. The summed E-state index contributed by atoms with van der Waals surface area (Å²) in [6, 6.07) is 13.5. The molecule has 0 aliphatic heterocycles. The van der Waals surface area contributed by atoms with Crippen molar-refractivity contribution in [3.05, 3.63) is 83.4 Å². The van der Waals surface area contributed by atoms with Crippen LogP contribution in [0.1, 0.15) is 32.0 Å². The van der Waals surface area contributed by atoms with Crippen molar-refractivity contribution in [3.8, 4) is 17.3 Å². The Morgan fingerprint density at radius 1 is 1.05 bits per heavy atom. The van der Waals surface area contributed by atoms with Gasteiger partial charge in [-0.25, -0.2) is 22.9 Å². The van der Waals surface area contributed by atoms with Crippen molar-refractivity contribution in [2.45, 2.75) is 43.1 Å². The molecule has 2 aromatic heterocycles. The van der Waals surface area contributed by atoms with Gasteiger partial charge in [0.15, 0.2) is 0 Å². The Morgan fingerprint density at radius 3 is 2.46 bits per heavy atom. The van der Waals surface area contributed by atoms with Gasteiger partial charge in [0.1, 0.15) is 11.6 Å². The number of rotatable bonds is 7. The lowest BCUT2D eigenvalue weighted by Gasteiger charge is -2.14. The molecule has 0 fully saturated rings. The van der Waals surface area contributed by atoms with E-state index in [1.54, 1.807) is 30.3 Å². The summed E-state index contributed by atoms with van der Waals surface area (Å²) in [5.74, 6) is 0.717. The van der Waals surface area contributed by atoms with Crippen molar-refractivity contribution in [3.63, 3.8) is 0 Å². The minimum absolute atomic E-state index is 0.00313. The topological polar surface area (TPSA) is 128 Å². The van der Waals surface area contributed by atoms with Gasteiger partial charge in [-0.3, -0.25) is 5.32 Å². The second-order valence-corrected chi connectivity index (χ2v) is 12.0. The highest BCUT2D eigenvalue weighted by Crippen LogP contribution is 2.32. The van der Waals surface area contributed by atoms with Crippen LogP contribution in [0.2, 0.25) is 5.28 Å². The van der Waals surface area contributed by atoms with E-state index in [-0.39, 0.29) is 29.2 Å². The second-order valence-electron chi connectivity index (χ2n) is 9.70. The maximum atomic E-state index is 13.2. The Balaban J connectivity index is 1.58. The SMILES string of the molecule is CC(C)(C)c1cc(NC(=O)NCc2ccccc2Oc2ccnc(Cl)n2)n(-c2cccc(S(=O)(=O)C(F)(F)F)c2)n1. The molecule has 4 aromatic rings. The molecule has 0 radical (unpaired) electrons. The maximum absolute atomic E-state index is 13.2. The number of sulfone groups is 1. The number of carbonyl (C=O) groups excluding carboxylic acids is 1. The van der Waals surface area contributed by atoms with Crippen molar-refractivity contribution in [1.29, 1.82) is 0 Å². The third-order valence-electron chi connectivity index (χ3n) is 5.62. The highest BCUT2D eigenvalue weighted by molar-refractivity contribution is 7.92. The molecular formula is C26H24ClF3N6O4S. The molecule has 15 heteroatoms. The zero-order valence-electron chi connectivity index (χ0n) is 21.9. The van der Waals surface area contributed by atoms with Crippen LogP contribution in [-0.4, -0.2) is 39.7 Å². The third-order valence-corrected chi connectivity index (χ3v) is 7.29. The number of nitrogens with zero attached hydrogens (tertiary/aromatic N) is 4. The number of alkyl halides is 3. The van der Waals surface area contributed by atoms with E-state index in [0.717, 1.165) is 18.2 Å². The summed E-state index contributed by atoms with van der Waals surface area (Å²) in [4.78, 5) is 19.7. The Bertz CT molecular complexity index is 1690. The molecule has 10 nitrogen and oxygen atoms in total. The highest BCUT2D eigenvalue weighted by Gasteiger charge is 2.47. The number of hydrogen-bond acceptors (Lipinski definition) is 7. The van der Waals surface area contributed by atoms with Crippen molar-refractivity contribution < 1.29 is 31.1 Å². The quantitative estimate of drug-likeness (QED) is 0.246. The summed E-state index contributed by atoms with van der Waals surface area (Å²) >= 11 is 5.81. The van der Waals surface area contributed by atoms with E-state index in [4.69, 9.17) is 16.3 Å². The lowest BCUT2D eigenvalue weighted by Crippen LogP contribution is -2.29. The van der Waals surface area contributed by atoms with Crippen molar-refractivity contribution >= 4 is 33.3 Å². The van der Waals surface area contributed by atoms with Crippen LogP contribution in [0, 0.1) is 0 Å². The number of benzene rings is 2. The van der Waals surface area contributed by atoms with Crippen LogP contribution < -0.4 is 15.4 Å². The average molecular weight is 609 g/mol. The fraction of sp³-hybridized carbons (Fsp3) is 0.231. The molecule has 2 aromatic carbocycles. The first-order valence-corrected chi connectivity index (χ1v) is 13.8. The molecule has 0 spiro atoms. The molecule has 0 unspecified atom stereocenters. The highest BCUT2D eigenvalue weighted by atomic mass is 35.5. The molecule has 0 atom stereocenters. The predicted molar refractivity (Wildman–Crippen MR) is 145 cm³/mol. The Labute approximate surface area is 238 Å². The molecule has 0 bridgehead atoms. The van der Waals surface area contributed by atoms with Gasteiger partial charge in [-0.05, 0) is 35.9 Å². The monoisotopic (exact) mass is 608 g/mol. The van der Waals surface area contributed by atoms with Gasteiger partial charge in [0.2, 0.25) is 11.2 Å². The van der Waals surface area contributed by atoms with E-state index in [1.807, 2.05) is 20.8 Å². The minimum Gasteiger partial charge on any atom is -0.439 e. The number of ether oxygens (including phenoxy) is 1. The van der Waals surface area contributed by atoms with Gasteiger partial charge in [-0.1, -0.05) is 45.0 Å². The lowest BCUT2D eigenvalue weighted by atomic mass is 9.92. The minimum atomic E-state index is -5.60. The predicted octanol–water partition coefficient (Wildman–Crippen LogP) is 6.02. The Kier molecular flexibility index (Phi) is 8.27. The summed E-state index contributed by atoms with van der Waals surface area (Å²) in [7, 11) is -5.60. The van der Waals surface area contributed by atoms with Crippen molar-refractivity contribution in [1.82, 2.24) is 25.1 Å². The number of hydrogen-bond donors (Lipinski definition) is 2. The van der Waals surface area contributed by atoms with Gasteiger partial charge in [0, 0.05) is 35.9 Å². The van der Waals surface area contributed by atoms with Crippen LogP contribution in [0.25, 0.3) is 5.69 Å². The van der Waals surface area contributed by atoms with Crippen LogP contribution in [0.4, 0.5) is 23.8 Å². The largest absolute Gasteiger partial charge is 0.501 e. The van der Waals surface area contributed by atoms with Crippen LogP contribution in [0.5, 0.6) is 11.6 Å². The van der Waals surface area contributed by atoms with Crippen LogP contribution in [0.15, 0.2) is 71.8 Å². The molecule has 0 aliphatic carbocycles. The van der Waals surface area contributed by atoms with E-state index in [1.165, 1.54) is 23.0 Å².